The van der Waals surface area contributed by atoms with Crippen LogP contribution in [0.3, 0.4) is 0 Å². The summed E-state index contributed by atoms with van der Waals surface area (Å²) in [5.41, 5.74) is 0.644. The lowest BCUT2D eigenvalue weighted by Crippen LogP contribution is -2.49. The van der Waals surface area contributed by atoms with Crippen molar-refractivity contribution in [1.82, 2.24) is 9.80 Å². The van der Waals surface area contributed by atoms with Crippen LogP contribution >= 0.6 is 11.3 Å². The van der Waals surface area contributed by atoms with Gasteiger partial charge in [-0.2, -0.15) is 0 Å². The average molecular weight is 310 g/mol. The normalized spacial score (nSPS) is 16.5. The predicted octanol–water partition coefficient (Wildman–Crippen LogP) is 0.596. The number of piperazine rings is 1. The Kier molecular flexibility index (Phi) is 5.49. The van der Waals surface area contributed by atoms with Crippen molar-refractivity contribution in [2.45, 2.75) is 0 Å². The van der Waals surface area contributed by atoms with E-state index in [1.54, 1.807) is 16.3 Å². The first kappa shape index (κ1) is 15.7. The molecule has 1 amide bonds. The molecular formula is C14H18N2O4S. The van der Waals surface area contributed by atoms with Crippen molar-refractivity contribution in [3.05, 3.63) is 28.0 Å². The van der Waals surface area contributed by atoms with Crippen LogP contribution in [0.25, 0.3) is 6.08 Å². The number of aliphatic hydroxyl groups is 1. The number of carbonyl (C=O) groups is 2. The van der Waals surface area contributed by atoms with Crippen LogP contribution < -0.4 is 0 Å². The van der Waals surface area contributed by atoms with Crippen molar-refractivity contribution in [2.24, 2.45) is 0 Å². The van der Waals surface area contributed by atoms with Gasteiger partial charge in [0.2, 0.25) is 0 Å². The molecule has 0 spiro atoms. The fourth-order valence-corrected chi connectivity index (χ4v) is 3.10. The second-order valence-electron chi connectivity index (χ2n) is 4.73. The molecule has 1 aromatic rings. The molecule has 2 rings (SSSR count). The number of carbonyl (C=O) groups excluding carboxylic acids is 1. The summed E-state index contributed by atoms with van der Waals surface area (Å²) in [4.78, 5) is 27.5. The Morgan fingerprint density at radius 1 is 1.29 bits per heavy atom. The Hall–Kier alpha value is -1.70. The number of aliphatic hydroxyl groups excluding tert-OH is 1. The third kappa shape index (κ3) is 4.13. The minimum Gasteiger partial charge on any atom is -0.478 e. The predicted molar refractivity (Wildman–Crippen MR) is 80.4 cm³/mol. The van der Waals surface area contributed by atoms with Crippen LogP contribution in [0.15, 0.2) is 17.5 Å². The summed E-state index contributed by atoms with van der Waals surface area (Å²) in [6.07, 6.45) is 2.49. The SMILES string of the molecule is O=C(O)C=Cc1ccsc1C(=O)N1CCN(CCO)CC1. The molecule has 1 aromatic heterocycles. The van der Waals surface area contributed by atoms with Crippen molar-refractivity contribution < 1.29 is 19.8 Å². The van der Waals surface area contributed by atoms with Crippen molar-refractivity contribution in [3.63, 3.8) is 0 Å². The Bertz CT molecular complexity index is 533. The molecule has 2 N–H and O–H groups in total. The maximum absolute atomic E-state index is 12.5. The largest absolute Gasteiger partial charge is 0.478 e. The molecule has 0 bridgehead atoms. The number of nitrogens with zero attached hydrogens (tertiary/aromatic N) is 2. The van der Waals surface area contributed by atoms with Gasteiger partial charge in [0.25, 0.3) is 5.91 Å². The van der Waals surface area contributed by atoms with E-state index in [2.05, 4.69) is 4.90 Å². The molecule has 21 heavy (non-hydrogen) atoms. The molecule has 1 aliphatic heterocycles. The molecule has 7 heteroatoms. The zero-order chi connectivity index (χ0) is 15.2. The van der Waals surface area contributed by atoms with E-state index in [0.717, 1.165) is 19.2 Å². The van der Waals surface area contributed by atoms with E-state index >= 15 is 0 Å². The summed E-state index contributed by atoms with van der Waals surface area (Å²) in [6, 6.07) is 1.75. The average Bonchev–Trinajstić information content (AvgIpc) is 2.94. The molecule has 0 aromatic carbocycles. The molecule has 1 fully saturated rings. The molecule has 0 unspecified atom stereocenters. The van der Waals surface area contributed by atoms with Crippen molar-refractivity contribution >= 4 is 29.3 Å². The second kappa shape index (κ2) is 7.35. The highest BCUT2D eigenvalue weighted by Crippen LogP contribution is 2.21. The van der Waals surface area contributed by atoms with Crippen LogP contribution in [0.5, 0.6) is 0 Å². The summed E-state index contributed by atoms with van der Waals surface area (Å²) < 4.78 is 0. The van der Waals surface area contributed by atoms with E-state index in [-0.39, 0.29) is 12.5 Å². The lowest BCUT2D eigenvalue weighted by Gasteiger charge is -2.34. The van der Waals surface area contributed by atoms with Gasteiger partial charge in [0, 0.05) is 38.8 Å². The molecule has 6 nitrogen and oxygen atoms in total. The monoisotopic (exact) mass is 310 g/mol. The van der Waals surface area contributed by atoms with Gasteiger partial charge < -0.3 is 15.1 Å². The maximum atomic E-state index is 12.5. The number of thiophene rings is 1. The molecule has 1 saturated heterocycles. The van der Waals surface area contributed by atoms with Gasteiger partial charge in [-0.25, -0.2) is 4.79 Å². The van der Waals surface area contributed by atoms with Gasteiger partial charge in [-0.1, -0.05) is 0 Å². The molecule has 114 valence electrons. The van der Waals surface area contributed by atoms with Gasteiger partial charge in [0.1, 0.15) is 0 Å². The van der Waals surface area contributed by atoms with E-state index in [4.69, 9.17) is 10.2 Å². The van der Waals surface area contributed by atoms with Crippen molar-refractivity contribution in [2.75, 3.05) is 39.3 Å². The highest BCUT2D eigenvalue weighted by atomic mass is 32.1. The van der Waals surface area contributed by atoms with Gasteiger partial charge in [0.05, 0.1) is 11.5 Å². The first-order valence-electron chi connectivity index (χ1n) is 6.73. The number of carboxylic acid groups (broad SMARTS) is 1. The Morgan fingerprint density at radius 2 is 2.00 bits per heavy atom. The zero-order valence-electron chi connectivity index (χ0n) is 11.6. The summed E-state index contributed by atoms with van der Waals surface area (Å²) in [5.74, 6) is -1.09. The van der Waals surface area contributed by atoms with E-state index in [1.807, 2.05) is 0 Å². The Balaban J connectivity index is 2.01. The number of β-amino-alcohol motifs (C(OH)–C–C–N with tert-alkyl or cyclic N) is 1. The molecule has 0 aliphatic carbocycles. The number of rotatable bonds is 5. The lowest BCUT2D eigenvalue weighted by atomic mass is 10.2. The van der Waals surface area contributed by atoms with Crippen LogP contribution in [0.2, 0.25) is 0 Å². The first-order valence-corrected chi connectivity index (χ1v) is 7.60. The van der Waals surface area contributed by atoms with E-state index in [1.165, 1.54) is 17.4 Å². The second-order valence-corrected chi connectivity index (χ2v) is 5.65. The van der Waals surface area contributed by atoms with Crippen molar-refractivity contribution in [3.8, 4) is 0 Å². The minimum absolute atomic E-state index is 0.0568. The third-order valence-corrected chi connectivity index (χ3v) is 4.29. The van der Waals surface area contributed by atoms with E-state index < -0.39 is 5.97 Å². The number of hydrogen-bond acceptors (Lipinski definition) is 5. The standard InChI is InChI=1S/C14H18N2O4S/c17-9-8-15-4-6-16(7-5-15)14(20)13-11(3-10-21-13)1-2-12(18)19/h1-3,10,17H,4-9H2,(H,18,19). The molecule has 2 heterocycles. The van der Waals surface area contributed by atoms with Crippen molar-refractivity contribution in [1.29, 1.82) is 0 Å². The zero-order valence-corrected chi connectivity index (χ0v) is 12.4. The summed E-state index contributed by atoms with van der Waals surface area (Å²) in [5, 5.41) is 19.4. The van der Waals surface area contributed by atoms with Crippen LogP contribution in [0.1, 0.15) is 15.2 Å². The fraction of sp³-hybridized carbons (Fsp3) is 0.429. The smallest absolute Gasteiger partial charge is 0.328 e. The molecule has 1 aliphatic rings. The number of aliphatic carboxylic acids is 1. The van der Waals surface area contributed by atoms with Gasteiger partial charge in [0.15, 0.2) is 0 Å². The molecular weight excluding hydrogens is 292 g/mol. The van der Waals surface area contributed by atoms with Gasteiger partial charge in [-0.05, 0) is 23.1 Å². The van der Waals surface area contributed by atoms with Gasteiger partial charge >= 0.3 is 5.97 Å². The van der Waals surface area contributed by atoms with Gasteiger partial charge in [-0.15, -0.1) is 11.3 Å². The Labute approximate surface area is 126 Å². The van der Waals surface area contributed by atoms with E-state index in [0.29, 0.717) is 30.1 Å². The Morgan fingerprint density at radius 3 is 2.62 bits per heavy atom. The van der Waals surface area contributed by atoms with Crippen LogP contribution in [0, 0.1) is 0 Å². The van der Waals surface area contributed by atoms with E-state index in [9.17, 15) is 9.59 Å². The van der Waals surface area contributed by atoms with Crippen LogP contribution in [0.4, 0.5) is 0 Å². The number of amides is 1. The summed E-state index contributed by atoms with van der Waals surface area (Å²) >= 11 is 1.33. The minimum atomic E-state index is -1.03. The lowest BCUT2D eigenvalue weighted by molar-refractivity contribution is -0.131. The quantitative estimate of drug-likeness (QED) is 0.778. The highest BCUT2D eigenvalue weighted by Gasteiger charge is 2.23. The molecule has 0 saturated carbocycles. The van der Waals surface area contributed by atoms with Crippen LogP contribution in [-0.4, -0.2) is 71.2 Å². The fourth-order valence-electron chi connectivity index (χ4n) is 2.24. The maximum Gasteiger partial charge on any atom is 0.328 e. The number of hydrogen-bond donors (Lipinski definition) is 2. The topological polar surface area (TPSA) is 81.1 Å². The summed E-state index contributed by atoms with van der Waals surface area (Å²) in [7, 11) is 0. The third-order valence-electron chi connectivity index (χ3n) is 3.37. The molecule has 0 atom stereocenters. The first-order chi connectivity index (χ1) is 10.1. The number of carboxylic acids is 1. The van der Waals surface area contributed by atoms with Crippen LogP contribution in [-0.2, 0) is 4.79 Å². The highest BCUT2D eigenvalue weighted by molar-refractivity contribution is 7.12. The molecule has 0 radical (unpaired) electrons. The van der Waals surface area contributed by atoms with Gasteiger partial charge in [-0.3, -0.25) is 9.69 Å². The summed E-state index contributed by atoms with van der Waals surface area (Å²) in [6.45, 7) is 3.50.